The van der Waals surface area contributed by atoms with Crippen molar-refractivity contribution < 1.29 is 19.0 Å². The highest BCUT2D eigenvalue weighted by Gasteiger charge is 2.39. The van der Waals surface area contributed by atoms with Gasteiger partial charge in [-0.1, -0.05) is 26.0 Å². The smallest absolute Gasteiger partial charge is 0.296 e. The van der Waals surface area contributed by atoms with Crippen molar-refractivity contribution in [2.75, 3.05) is 6.61 Å². The first-order valence-corrected chi connectivity index (χ1v) is 9.34. The molecule has 2 heterocycles. The van der Waals surface area contributed by atoms with Gasteiger partial charge in [-0.15, -0.1) is 0 Å². The molecule has 0 bridgehead atoms. The van der Waals surface area contributed by atoms with Gasteiger partial charge in [0.1, 0.15) is 17.2 Å². The van der Waals surface area contributed by atoms with Crippen LogP contribution in [0.5, 0.6) is 5.75 Å². The van der Waals surface area contributed by atoms with E-state index in [2.05, 4.69) is 10.3 Å². The lowest BCUT2D eigenvalue weighted by molar-refractivity contribution is -0.0890. The summed E-state index contributed by atoms with van der Waals surface area (Å²) in [5.41, 5.74) is -0.586. The van der Waals surface area contributed by atoms with Crippen LogP contribution in [-0.2, 0) is 23.4 Å². The number of amides is 1. The maximum Gasteiger partial charge on any atom is 0.296 e. The monoisotopic (exact) mass is 389 g/mol. The molecule has 8 heteroatoms. The van der Waals surface area contributed by atoms with Crippen molar-refractivity contribution in [2.24, 2.45) is 0 Å². The molecule has 0 saturated heterocycles. The number of ether oxygens (including phenoxy) is 1. The topological polar surface area (TPSA) is 93.5 Å². The lowest BCUT2D eigenvalue weighted by atomic mass is 9.94. The Balaban J connectivity index is 1.93. The molecule has 1 amide bonds. The zero-order chi connectivity index (χ0) is 20.5. The summed E-state index contributed by atoms with van der Waals surface area (Å²) in [6.07, 6.45) is 1.16. The average Bonchev–Trinajstić information content (AvgIpc) is 2.70. The van der Waals surface area contributed by atoms with Gasteiger partial charge >= 0.3 is 0 Å². The Kier molecular flexibility index (Phi) is 5.51. The molecule has 28 heavy (non-hydrogen) atoms. The number of hydrogen-bond donors (Lipinski definition) is 2. The first kappa shape index (κ1) is 20.0. The number of carbonyl (C=O) groups is 1. The molecular weight excluding hydrogens is 365 g/mol. The third kappa shape index (κ3) is 3.40. The number of aryl methyl sites for hydroxylation is 1. The molecule has 0 saturated carbocycles. The Labute approximate surface area is 162 Å². The summed E-state index contributed by atoms with van der Waals surface area (Å²) in [4.78, 5) is 29.6. The van der Waals surface area contributed by atoms with Crippen molar-refractivity contribution in [1.29, 1.82) is 0 Å². The summed E-state index contributed by atoms with van der Waals surface area (Å²) >= 11 is 0. The molecule has 2 N–H and O–H groups in total. The van der Waals surface area contributed by atoms with E-state index in [1.54, 1.807) is 19.1 Å². The van der Waals surface area contributed by atoms with E-state index in [0.717, 1.165) is 0 Å². The van der Waals surface area contributed by atoms with Crippen LogP contribution in [0.4, 0.5) is 4.39 Å². The molecule has 0 fully saturated rings. The van der Waals surface area contributed by atoms with E-state index in [-0.39, 0.29) is 24.6 Å². The second kappa shape index (κ2) is 7.71. The minimum atomic E-state index is -0.770. The Morgan fingerprint density at radius 3 is 2.75 bits per heavy atom. The fraction of sp³-hybridized carbons (Fsp3) is 0.450. The second-order valence-corrected chi connectivity index (χ2v) is 6.91. The Hall–Kier alpha value is -2.74. The summed E-state index contributed by atoms with van der Waals surface area (Å²) < 4.78 is 20.7. The average molecular weight is 389 g/mol. The number of nitrogens with zero attached hydrogens (tertiary/aromatic N) is 2. The van der Waals surface area contributed by atoms with Crippen molar-refractivity contribution in [3.8, 4) is 5.75 Å². The largest absolute Gasteiger partial charge is 0.501 e. The predicted molar refractivity (Wildman–Crippen MR) is 101 cm³/mol. The van der Waals surface area contributed by atoms with Crippen molar-refractivity contribution >= 4 is 5.91 Å². The second-order valence-electron chi connectivity index (χ2n) is 6.91. The van der Waals surface area contributed by atoms with E-state index < -0.39 is 22.8 Å². The molecule has 150 valence electrons. The summed E-state index contributed by atoms with van der Waals surface area (Å²) in [5, 5.41) is 12.9. The van der Waals surface area contributed by atoms with Crippen LogP contribution in [0.25, 0.3) is 0 Å². The van der Waals surface area contributed by atoms with Gasteiger partial charge < -0.3 is 15.2 Å². The number of hydrogen-bond acceptors (Lipinski definition) is 5. The molecule has 1 aromatic heterocycles. The molecule has 0 aliphatic carbocycles. The molecule has 7 nitrogen and oxygen atoms in total. The van der Waals surface area contributed by atoms with Crippen molar-refractivity contribution in [1.82, 2.24) is 14.9 Å². The van der Waals surface area contributed by atoms with Crippen LogP contribution in [0.1, 0.15) is 54.1 Å². The summed E-state index contributed by atoms with van der Waals surface area (Å²) in [6, 6.07) is 4.51. The van der Waals surface area contributed by atoms with Gasteiger partial charge in [-0.2, -0.15) is 0 Å². The van der Waals surface area contributed by atoms with Crippen LogP contribution in [0.3, 0.4) is 0 Å². The Morgan fingerprint density at radius 2 is 2.11 bits per heavy atom. The third-order valence-corrected chi connectivity index (χ3v) is 5.28. The molecule has 1 aliphatic heterocycles. The Bertz CT molecular complexity index is 967. The Morgan fingerprint density at radius 1 is 1.39 bits per heavy atom. The van der Waals surface area contributed by atoms with Gasteiger partial charge in [-0.05, 0) is 37.0 Å². The van der Waals surface area contributed by atoms with E-state index >= 15 is 0 Å². The number of nitrogens with one attached hydrogen (secondary N) is 1. The van der Waals surface area contributed by atoms with Crippen molar-refractivity contribution in [2.45, 2.75) is 52.3 Å². The minimum Gasteiger partial charge on any atom is -0.501 e. The number of rotatable bonds is 5. The van der Waals surface area contributed by atoms with Crippen molar-refractivity contribution in [3.05, 3.63) is 57.0 Å². The maximum atomic E-state index is 13.4. The van der Waals surface area contributed by atoms with Gasteiger partial charge in [0, 0.05) is 6.54 Å². The number of halogens is 1. The fourth-order valence-corrected chi connectivity index (χ4v) is 3.51. The number of carbonyl (C=O) groups excluding carboxylic acids is 1. The van der Waals surface area contributed by atoms with E-state index in [0.29, 0.717) is 36.4 Å². The molecule has 3 rings (SSSR count). The first-order chi connectivity index (χ1) is 13.3. The van der Waals surface area contributed by atoms with Gasteiger partial charge in [0.2, 0.25) is 5.75 Å². The van der Waals surface area contributed by atoms with E-state index in [9.17, 15) is 19.1 Å². The zero-order valence-electron chi connectivity index (χ0n) is 16.2. The first-order valence-electron chi connectivity index (χ1n) is 9.34. The SMILES string of the molecule is CCC1(CC)OCCn2c1nc(C(=O)NCc1ccc(F)c(C)c1)c(O)c2=O. The van der Waals surface area contributed by atoms with Crippen LogP contribution in [0, 0.1) is 12.7 Å². The van der Waals surface area contributed by atoms with Gasteiger partial charge in [-0.3, -0.25) is 14.2 Å². The van der Waals surface area contributed by atoms with Crippen LogP contribution >= 0.6 is 0 Å². The highest BCUT2D eigenvalue weighted by Crippen LogP contribution is 2.34. The standard InChI is InChI=1S/C20H24FN3O4/c1-4-20(5-2)19-23-15(16(25)18(27)24(19)8-9-28-20)17(26)22-11-13-6-7-14(21)12(3)10-13/h6-7,10,25H,4-5,8-9,11H2,1-3H3,(H,22,26). The number of aromatic nitrogens is 2. The normalized spacial score (nSPS) is 15.1. The van der Waals surface area contributed by atoms with Crippen LogP contribution in [0.15, 0.2) is 23.0 Å². The maximum absolute atomic E-state index is 13.4. The summed E-state index contributed by atoms with van der Waals surface area (Å²) in [7, 11) is 0. The van der Waals surface area contributed by atoms with Gasteiger partial charge in [-0.25, -0.2) is 9.37 Å². The molecule has 1 aliphatic rings. The fourth-order valence-electron chi connectivity index (χ4n) is 3.51. The predicted octanol–water partition coefficient (Wildman–Crippen LogP) is 2.37. The van der Waals surface area contributed by atoms with E-state index in [4.69, 9.17) is 4.74 Å². The van der Waals surface area contributed by atoms with Gasteiger partial charge in [0.15, 0.2) is 5.69 Å². The van der Waals surface area contributed by atoms with E-state index in [1.165, 1.54) is 10.6 Å². The molecule has 0 radical (unpaired) electrons. The molecule has 0 atom stereocenters. The number of benzene rings is 1. The quantitative estimate of drug-likeness (QED) is 0.819. The van der Waals surface area contributed by atoms with Crippen molar-refractivity contribution in [3.63, 3.8) is 0 Å². The molecule has 1 aromatic carbocycles. The lowest BCUT2D eigenvalue weighted by Gasteiger charge is -2.37. The highest BCUT2D eigenvalue weighted by atomic mass is 19.1. The van der Waals surface area contributed by atoms with Crippen LogP contribution < -0.4 is 10.9 Å². The van der Waals surface area contributed by atoms with Crippen LogP contribution in [-0.4, -0.2) is 27.2 Å². The minimum absolute atomic E-state index is 0.114. The molecule has 0 unspecified atom stereocenters. The highest BCUT2D eigenvalue weighted by molar-refractivity contribution is 5.94. The van der Waals surface area contributed by atoms with E-state index in [1.807, 2.05) is 13.8 Å². The lowest BCUT2D eigenvalue weighted by Crippen LogP contribution is -2.44. The zero-order valence-corrected chi connectivity index (χ0v) is 16.2. The molecule has 2 aromatic rings. The summed E-state index contributed by atoms with van der Waals surface area (Å²) in [5.74, 6) is -1.33. The number of aromatic hydroxyl groups is 1. The van der Waals surface area contributed by atoms with Crippen LogP contribution in [0.2, 0.25) is 0 Å². The number of fused-ring (bicyclic) bond motifs is 1. The molecular formula is C20H24FN3O4. The molecule has 0 spiro atoms. The van der Waals surface area contributed by atoms with Gasteiger partial charge in [0.25, 0.3) is 11.5 Å². The third-order valence-electron chi connectivity index (χ3n) is 5.28. The van der Waals surface area contributed by atoms with Gasteiger partial charge in [0.05, 0.1) is 13.2 Å². The summed E-state index contributed by atoms with van der Waals surface area (Å²) in [6.45, 7) is 6.21.